The summed E-state index contributed by atoms with van der Waals surface area (Å²) in [5, 5.41) is 0.936. The van der Waals surface area contributed by atoms with Crippen LogP contribution >= 0.6 is 11.3 Å². The lowest BCUT2D eigenvalue weighted by atomic mass is 10.1. The van der Waals surface area contributed by atoms with Crippen molar-refractivity contribution >= 4 is 21.4 Å². The van der Waals surface area contributed by atoms with Gasteiger partial charge in [-0.1, -0.05) is 5.57 Å². The number of nitrogens with two attached hydrogens (primary N) is 1. The Bertz CT molecular complexity index is 562. The average molecular weight is 264 g/mol. The van der Waals surface area contributed by atoms with E-state index in [1.165, 1.54) is 6.07 Å². The molecule has 0 saturated heterocycles. The SMILES string of the molecule is C=C(C)CCC(NN)c1cc2cc(F)ccc2s1. The third-order valence-corrected chi connectivity index (χ3v) is 4.13. The molecule has 1 aromatic heterocycles. The van der Waals surface area contributed by atoms with Crippen LogP contribution in [0, 0.1) is 5.82 Å². The van der Waals surface area contributed by atoms with Crippen molar-refractivity contribution in [2.45, 2.75) is 25.8 Å². The second-order valence-electron chi connectivity index (χ2n) is 4.55. The molecule has 0 spiro atoms. The zero-order valence-corrected chi connectivity index (χ0v) is 11.2. The first-order chi connectivity index (χ1) is 8.60. The van der Waals surface area contributed by atoms with E-state index in [4.69, 9.17) is 5.84 Å². The van der Waals surface area contributed by atoms with E-state index in [1.807, 2.05) is 19.1 Å². The maximum Gasteiger partial charge on any atom is 0.123 e. The molecule has 2 rings (SSSR count). The fourth-order valence-electron chi connectivity index (χ4n) is 1.90. The summed E-state index contributed by atoms with van der Waals surface area (Å²) in [5.41, 5.74) is 3.97. The predicted octanol–water partition coefficient (Wildman–Crippen LogP) is 3.90. The summed E-state index contributed by atoms with van der Waals surface area (Å²) in [6.45, 7) is 5.90. The highest BCUT2D eigenvalue weighted by atomic mass is 32.1. The summed E-state index contributed by atoms with van der Waals surface area (Å²) in [6, 6.07) is 6.96. The van der Waals surface area contributed by atoms with Crippen LogP contribution in [0.1, 0.15) is 30.7 Å². The zero-order chi connectivity index (χ0) is 13.1. The molecular weight excluding hydrogens is 247 g/mol. The van der Waals surface area contributed by atoms with Crippen LogP contribution in [-0.2, 0) is 0 Å². The van der Waals surface area contributed by atoms with Crippen LogP contribution in [0.4, 0.5) is 4.39 Å². The number of thiophene rings is 1. The molecule has 1 atom stereocenters. The molecule has 0 fully saturated rings. The molecular formula is C14H17FN2S. The lowest BCUT2D eigenvalue weighted by Gasteiger charge is -2.13. The van der Waals surface area contributed by atoms with Gasteiger partial charge in [-0.15, -0.1) is 17.9 Å². The van der Waals surface area contributed by atoms with Gasteiger partial charge in [-0.3, -0.25) is 11.3 Å². The number of rotatable bonds is 5. The fourth-order valence-corrected chi connectivity index (χ4v) is 3.04. The Kier molecular flexibility index (Phi) is 4.11. The van der Waals surface area contributed by atoms with Gasteiger partial charge in [0.15, 0.2) is 0 Å². The third-order valence-electron chi connectivity index (χ3n) is 2.90. The van der Waals surface area contributed by atoms with E-state index in [-0.39, 0.29) is 11.9 Å². The molecule has 2 aromatic rings. The Hall–Kier alpha value is -1.23. The number of halogens is 1. The standard InChI is InChI=1S/C14H17FN2S/c1-9(2)3-5-12(17-16)14-8-10-7-11(15)4-6-13(10)18-14/h4,6-8,12,17H,1,3,5,16H2,2H3. The van der Waals surface area contributed by atoms with Crippen LogP contribution in [-0.4, -0.2) is 0 Å². The minimum Gasteiger partial charge on any atom is -0.271 e. The van der Waals surface area contributed by atoms with Crippen molar-refractivity contribution in [2.75, 3.05) is 0 Å². The lowest BCUT2D eigenvalue weighted by molar-refractivity contribution is 0.523. The van der Waals surface area contributed by atoms with E-state index >= 15 is 0 Å². The molecule has 1 aromatic carbocycles. The lowest BCUT2D eigenvalue weighted by Crippen LogP contribution is -2.27. The number of hydrogen-bond acceptors (Lipinski definition) is 3. The maximum atomic E-state index is 13.1. The summed E-state index contributed by atoms with van der Waals surface area (Å²) in [4.78, 5) is 1.14. The molecule has 96 valence electrons. The number of hydrazine groups is 1. The Morgan fingerprint density at radius 3 is 2.94 bits per heavy atom. The Morgan fingerprint density at radius 1 is 1.50 bits per heavy atom. The van der Waals surface area contributed by atoms with Gasteiger partial charge >= 0.3 is 0 Å². The topological polar surface area (TPSA) is 38.0 Å². The quantitative estimate of drug-likeness (QED) is 0.488. The van der Waals surface area contributed by atoms with E-state index in [0.29, 0.717) is 0 Å². The molecule has 0 aliphatic carbocycles. The van der Waals surface area contributed by atoms with E-state index in [0.717, 1.165) is 33.4 Å². The molecule has 4 heteroatoms. The van der Waals surface area contributed by atoms with E-state index in [2.05, 4.69) is 12.0 Å². The number of nitrogens with one attached hydrogen (secondary N) is 1. The van der Waals surface area contributed by atoms with Gasteiger partial charge in [-0.05, 0) is 49.4 Å². The molecule has 3 N–H and O–H groups in total. The average Bonchev–Trinajstić information content (AvgIpc) is 2.72. The summed E-state index contributed by atoms with van der Waals surface area (Å²) in [5.74, 6) is 5.39. The molecule has 2 nitrogen and oxygen atoms in total. The largest absolute Gasteiger partial charge is 0.271 e. The van der Waals surface area contributed by atoms with Crippen molar-refractivity contribution in [1.29, 1.82) is 0 Å². The summed E-state index contributed by atoms with van der Waals surface area (Å²) >= 11 is 1.65. The predicted molar refractivity (Wildman–Crippen MR) is 75.9 cm³/mol. The van der Waals surface area contributed by atoms with Gasteiger partial charge in [-0.2, -0.15) is 0 Å². The first-order valence-corrected chi connectivity index (χ1v) is 6.71. The van der Waals surface area contributed by atoms with E-state index in [1.54, 1.807) is 17.4 Å². The zero-order valence-electron chi connectivity index (χ0n) is 10.4. The number of hydrogen-bond donors (Lipinski definition) is 2. The Morgan fingerprint density at radius 2 is 2.28 bits per heavy atom. The molecule has 18 heavy (non-hydrogen) atoms. The van der Waals surface area contributed by atoms with Gasteiger partial charge in [0.25, 0.3) is 0 Å². The summed E-state index contributed by atoms with van der Waals surface area (Å²) < 4.78 is 14.2. The molecule has 0 amide bonds. The molecule has 0 aliphatic heterocycles. The van der Waals surface area contributed by atoms with Crippen LogP contribution in [0.3, 0.4) is 0 Å². The number of allylic oxidation sites excluding steroid dienone is 1. The van der Waals surface area contributed by atoms with Crippen molar-refractivity contribution in [3.8, 4) is 0 Å². The normalized spacial score (nSPS) is 12.8. The maximum absolute atomic E-state index is 13.1. The highest BCUT2D eigenvalue weighted by Crippen LogP contribution is 2.32. The van der Waals surface area contributed by atoms with Crippen molar-refractivity contribution in [1.82, 2.24) is 5.43 Å². The summed E-state index contributed by atoms with van der Waals surface area (Å²) in [7, 11) is 0. The van der Waals surface area contributed by atoms with Crippen LogP contribution < -0.4 is 11.3 Å². The number of fused-ring (bicyclic) bond motifs is 1. The monoisotopic (exact) mass is 264 g/mol. The molecule has 1 unspecified atom stereocenters. The Balaban J connectivity index is 2.25. The first kappa shape index (κ1) is 13.2. The fraction of sp³-hybridized carbons (Fsp3) is 0.286. The van der Waals surface area contributed by atoms with Crippen molar-refractivity contribution in [3.05, 3.63) is 47.1 Å². The van der Waals surface area contributed by atoms with Gasteiger partial charge in [0.2, 0.25) is 0 Å². The van der Waals surface area contributed by atoms with Crippen LogP contribution in [0.5, 0.6) is 0 Å². The number of benzene rings is 1. The second-order valence-corrected chi connectivity index (χ2v) is 5.66. The van der Waals surface area contributed by atoms with Gasteiger partial charge in [0.05, 0.1) is 6.04 Å². The van der Waals surface area contributed by atoms with Gasteiger partial charge in [0.1, 0.15) is 5.82 Å². The third kappa shape index (κ3) is 2.96. The minimum absolute atomic E-state index is 0.0992. The van der Waals surface area contributed by atoms with Crippen LogP contribution in [0.2, 0.25) is 0 Å². The second kappa shape index (κ2) is 5.61. The molecule has 0 radical (unpaired) electrons. The van der Waals surface area contributed by atoms with Crippen molar-refractivity contribution in [2.24, 2.45) is 5.84 Å². The molecule has 1 heterocycles. The van der Waals surface area contributed by atoms with Gasteiger partial charge in [0, 0.05) is 9.58 Å². The van der Waals surface area contributed by atoms with Gasteiger partial charge in [-0.25, -0.2) is 4.39 Å². The Labute approximate surface area is 110 Å². The molecule has 0 saturated carbocycles. The van der Waals surface area contributed by atoms with E-state index < -0.39 is 0 Å². The minimum atomic E-state index is -0.203. The highest BCUT2D eigenvalue weighted by Gasteiger charge is 2.13. The highest BCUT2D eigenvalue weighted by molar-refractivity contribution is 7.19. The van der Waals surface area contributed by atoms with Crippen LogP contribution in [0.15, 0.2) is 36.4 Å². The molecule has 0 bridgehead atoms. The van der Waals surface area contributed by atoms with E-state index in [9.17, 15) is 4.39 Å². The summed E-state index contributed by atoms with van der Waals surface area (Å²) in [6.07, 6.45) is 1.83. The smallest absolute Gasteiger partial charge is 0.123 e. The van der Waals surface area contributed by atoms with Crippen LogP contribution in [0.25, 0.3) is 10.1 Å². The first-order valence-electron chi connectivity index (χ1n) is 5.89. The molecule has 0 aliphatic rings. The van der Waals surface area contributed by atoms with Crippen molar-refractivity contribution in [3.63, 3.8) is 0 Å². The van der Waals surface area contributed by atoms with Crippen molar-refractivity contribution < 1.29 is 4.39 Å². The van der Waals surface area contributed by atoms with Gasteiger partial charge < -0.3 is 0 Å².